The fourth-order valence-corrected chi connectivity index (χ4v) is 2.31. The minimum absolute atomic E-state index is 0.0354. The highest BCUT2D eigenvalue weighted by Crippen LogP contribution is 2.24. The van der Waals surface area contributed by atoms with Gasteiger partial charge in [-0.25, -0.2) is 5.43 Å². The molecular weight excluding hydrogens is 346 g/mol. The third-order valence-corrected chi connectivity index (χ3v) is 3.65. The number of rotatable bonds is 6. The lowest BCUT2D eigenvalue weighted by Gasteiger charge is -2.10. The van der Waals surface area contributed by atoms with E-state index in [1.165, 1.54) is 18.3 Å². The van der Waals surface area contributed by atoms with Gasteiger partial charge in [-0.1, -0.05) is 35.9 Å². The van der Waals surface area contributed by atoms with E-state index in [1.54, 1.807) is 6.07 Å². The van der Waals surface area contributed by atoms with Crippen LogP contribution in [0.3, 0.4) is 0 Å². The number of hydrazone groups is 1. The zero-order chi connectivity index (χ0) is 18.4. The van der Waals surface area contributed by atoms with Gasteiger partial charge in [0.25, 0.3) is 11.6 Å². The molecule has 0 saturated carbocycles. The zero-order valence-electron chi connectivity index (χ0n) is 13.7. The number of ether oxygens (including phenoxy) is 1. The fraction of sp³-hybridized carbons (Fsp3) is 0.176. The molecule has 0 heterocycles. The molecule has 0 aromatic heterocycles. The Bertz CT molecular complexity index is 816. The zero-order valence-corrected chi connectivity index (χ0v) is 14.4. The van der Waals surface area contributed by atoms with Crippen LogP contribution >= 0.6 is 11.6 Å². The van der Waals surface area contributed by atoms with Crippen LogP contribution in [0.5, 0.6) is 5.75 Å². The first-order valence-corrected chi connectivity index (χ1v) is 7.71. The number of hydrogen-bond acceptors (Lipinski definition) is 5. The highest BCUT2D eigenvalue weighted by molar-refractivity contribution is 6.32. The van der Waals surface area contributed by atoms with E-state index in [4.69, 9.17) is 16.3 Å². The smallest absolute Gasteiger partial charge is 0.288 e. The predicted octanol–water partition coefficient (Wildman–Crippen LogP) is 3.39. The maximum Gasteiger partial charge on any atom is 0.288 e. The molecular formula is C17H16ClN3O4. The van der Waals surface area contributed by atoms with Crippen LogP contribution in [0.15, 0.2) is 41.5 Å². The summed E-state index contributed by atoms with van der Waals surface area (Å²) in [5.74, 6) is 0.220. The lowest BCUT2D eigenvalue weighted by Crippen LogP contribution is -2.25. The van der Waals surface area contributed by atoms with Crippen molar-refractivity contribution >= 4 is 29.4 Å². The average Bonchev–Trinajstić information content (AvgIpc) is 2.55. The van der Waals surface area contributed by atoms with Crippen molar-refractivity contribution in [1.82, 2.24) is 5.43 Å². The van der Waals surface area contributed by atoms with E-state index in [0.29, 0.717) is 11.3 Å². The number of benzene rings is 2. The fourth-order valence-electron chi connectivity index (χ4n) is 2.13. The maximum atomic E-state index is 11.8. The van der Waals surface area contributed by atoms with Crippen molar-refractivity contribution in [3.8, 4) is 5.75 Å². The summed E-state index contributed by atoms with van der Waals surface area (Å²) in [5.41, 5.74) is 4.39. The van der Waals surface area contributed by atoms with E-state index in [2.05, 4.69) is 10.5 Å². The molecule has 0 spiro atoms. The number of carbonyl (C=O) groups excluding carboxylic acids is 1. The molecule has 1 N–H and O–H groups in total. The van der Waals surface area contributed by atoms with E-state index in [9.17, 15) is 14.9 Å². The Morgan fingerprint density at radius 1 is 1.32 bits per heavy atom. The molecule has 0 saturated heterocycles. The van der Waals surface area contributed by atoms with Crippen molar-refractivity contribution in [3.05, 3.63) is 68.2 Å². The lowest BCUT2D eigenvalue weighted by molar-refractivity contribution is -0.384. The molecule has 1 amide bonds. The third-order valence-electron chi connectivity index (χ3n) is 3.33. The molecule has 7 nitrogen and oxygen atoms in total. The summed E-state index contributed by atoms with van der Waals surface area (Å²) in [6.45, 7) is 3.60. The number of para-hydroxylation sites is 1. The van der Waals surface area contributed by atoms with Gasteiger partial charge >= 0.3 is 0 Å². The molecule has 0 unspecified atom stereocenters. The van der Waals surface area contributed by atoms with Gasteiger partial charge in [-0.2, -0.15) is 5.10 Å². The van der Waals surface area contributed by atoms with Crippen LogP contribution in [0.25, 0.3) is 0 Å². The highest BCUT2D eigenvalue weighted by atomic mass is 35.5. The second-order valence-electron chi connectivity index (χ2n) is 5.27. The Hall–Kier alpha value is -2.93. The van der Waals surface area contributed by atoms with Gasteiger partial charge in [-0.05, 0) is 31.0 Å². The minimum atomic E-state index is -0.587. The van der Waals surface area contributed by atoms with Crippen LogP contribution in [0.1, 0.15) is 16.7 Å². The number of aryl methyl sites for hydroxylation is 2. The Labute approximate surface area is 149 Å². The standard InChI is InChI=1S/C17H16ClN3O4/c1-11-4-3-5-12(2)17(11)25-10-16(22)20-19-9-13-6-7-14(18)15(8-13)21(23)24/h3-9H,10H2,1-2H3,(H,20,22). The summed E-state index contributed by atoms with van der Waals surface area (Å²) in [6.07, 6.45) is 1.29. The van der Waals surface area contributed by atoms with Crippen LogP contribution in [0, 0.1) is 24.0 Å². The first kappa shape index (κ1) is 18.4. The Balaban J connectivity index is 1.93. The van der Waals surface area contributed by atoms with Crippen LogP contribution in [-0.4, -0.2) is 23.7 Å². The van der Waals surface area contributed by atoms with Gasteiger partial charge in [0.1, 0.15) is 10.8 Å². The monoisotopic (exact) mass is 361 g/mol. The van der Waals surface area contributed by atoms with E-state index in [0.717, 1.165) is 11.1 Å². The van der Waals surface area contributed by atoms with Crippen molar-refractivity contribution < 1.29 is 14.5 Å². The van der Waals surface area contributed by atoms with Crippen molar-refractivity contribution in [2.45, 2.75) is 13.8 Å². The van der Waals surface area contributed by atoms with Crippen molar-refractivity contribution in [3.63, 3.8) is 0 Å². The van der Waals surface area contributed by atoms with E-state index in [1.807, 2.05) is 32.0 Å². The molecule has 0 aliphatic rings. The Morgan fingerprint density at radius 2 is 2.00 bits per heavy atom. The number of carbonyl (C=O) groups is 1. The number of nitro groups is 1. The summed E-state index contributed by atoms with van der Waals surface area (Å²) in [7, 11) is 0. The van der Waals surface area contributed by atoms with Gasteiger partial charge in [0, 0.05) is 11.6 Å². The van der Waals surface area contributed by atoms with Crippen LogP contribution in [-0.2, 0) is 4.79 Å². The summed E-state index contributed by atoms with van der Waals surface area (Å²) < 4.78 is 5.51. The molecule has 2 aromatic rings. The van der Waals surface area contributed by atoms with Crippen molar-refractivity contribution in [2.75, 3.05) is 6.61 Å². The number of halogens is 1. The number of nitrogens with zero attached hydrogens (tertiary/aromatic N) is 2. The minimum Gasteiger partial charge on any atom is -0.483 e. The van der Waals surface area contributed by atoms with Gasteiger partial charge < -0.3 is 4.74 Å². The van der Waals surface area contributed by atoms with Gasteiger partial charge in [0.05, 0.1) is 11.1 Å². The Kier molecular flexibility index (Phi) is 6.08. The number of nitro benzene ring substituents is 1. The molecule has 25 heavy (non-hydrogen) atoms. The lowest BCUT2D eigenvalue weighted by atomic mass is 10.1. The number of nitrogens with one attached hydrogen (secondary N) is 1. The van der Waals surface area contributed by atoms with Gasteiger partial charge in [0.2, 0.25) is 0 Å². The van der Waals surface area contributed by atoms with Gasteiger partial charge in [-0.15, -0.1) is 0 Å². The second kappa shape index (κ2) is 8.25. The molecule has 0 fully saturated rings. The van der Waals surface area contributed by atoms with E-state index in [-0.39, 0.29) is 17.3 Å². The largest absolute Gasteiger partial charge is 0.483 e. The SMILES string of the molecule is Cc1cccc(C)c1OCC(=O)NN=Cc1ccc(Cl)c([N+](=O)[O-])c1. The van der Waals surface area contributed by atoms with Gasteiger partial charge in [-0.3, -0.25) is 14.9 Å². The van der Waals surface area contributed by atoms with Crippen LogP contribution < -0.4 is 10.2 Å². The summed E-state index contributed by atoms with van der Waals surface area (Å²) in [6, 6.07) is 9.92. The number of amides is 1. The normalized spacial score (nSPS) is 10.7. The van der Waals surface area contributed by atoms with Crippen molar-refractivity contribution in [1.29, 1.82) is 0 Å². The van der Waals surface area contributed by atoms with Crippen molar-refractivity contribution in [2.24, 2.45) is 5.10 Å². The number of hydrogen-bond donors (Lipinski definition) is 1. The topological polar surface area (TPSA) is 93.8 Å². The first-order chi connectivity index (χ1) is 11.9. The molecule has 130 valence electrons. The molecule has 0 bridgehead atoms. The van der Waals surface area contributed by atoms with Crippen LogP contribution in [0.2, 0.25) is 5.02 Å². The molecule has 0 aliphatic carbocycles. The average molecular weight is 362 g/mol. The highest BCUT2D eigenvalue weighted by Gasteiger charge is 2.12. The molecule has 2 rings (SSSR count). The quantitative estimate of drug-likeness (QED) is 0.484. The summed E-state index contributed by atoms with van der Waals surface area (Å²) >= 11 is 5.73. The Morgan fingerprint density at radius 3 is 2.64 bits per heavy atom. The first-order valence-electron chi connectivity index (χ1n) is 7.33. The molecule has 0 radical (unpaired) electrons. The van der Waals surface area contributed by atoms with Gasteiger partial charge in [0.15, 0.2) is 6.61 Å². The molecule has 2 aromatic carbocycles. The summed E-state index contributed by atoms with van der Waals surface area (Å²) in [5, 5.41) is 14.6. The second-order valence-corrected chi connectivity index (χ2v) is 5.68. The van der Waals surface area contributed by atoms with E-state index >= 15 is 0 Å². The third kappa shape index (κ3) is 5.02. The predicted molar refractivity (Wildman–Crippen MR) is 95.3 cm³/mol. The van der Waals surface area contributed by atoms with E-state index < -0.39 is 10.8 Å². The molecule has 8 heteroatoms. The summed E-state index contributed by atoms with van der Waals surface area (Å²) in [4.78, 5) is 22.0. The van der Waals surface area contributed by atoms with Crippen LogP contribution in [0.4, 0.5) is 5.69 Å². The maximum absolute atomic E-state index is 11.8. The molecule has 0 atom stereocenters. The molecule has 0 aliphatic heterocycles.